The normalized spacial score (nSPS) is 12.2. The van der Waals surface area contributed by atoms with E-state index in [0.717, 1.165) is 16.7 Å². The van der Waals surface area contributed by atoms with Gasteiger partial charge in [0.2, 0.25) is 11.8 Å². The number of carbonyl (C=O) groups excluding carboxylic acids is 2. The van der Waals surface area contributed by atoms with E-state index in [2.05, 4.69) is 5.32 Å². The lowest BCUT2D eigenvalue weighted by Gasteiger charge is -2.34. The molecule has 0 heterocycles. The Hall–Kier alpha value is -2.82. The lowest BCUT2D eigenvalue weighted by atomic mass is 9.99. The number of aryl methyl sites for hydroxylation is 1. The maximum Gasteiger partial charge on any atom is 0.243 e. The smallest absolute Gasteiger partial charge is 0.243 e. The number of amides is 2. The van der Waals surface area contributed by atoms with Crippen molar-refractivity contribution < 1.29 is 9.59 Å². The Kier molecular flexibility index (Phi) is 8.98. The zero-order valence-corrected chi connectivity index (χ0v) is 22.2. The lowest BCUT2D eigenvalue weighted by molar-refractivity contribution is -0.141. The second-order valence-electron chi connectivity index (χ2n) is 9.81. The number of hydrogen-bond donors (Lipinski definition) is 1. The number of halogens is 2. The van der Waals surface area contributed by atoms with E-state index in [1.165, 1.54) is 0 Å². The highest BCUT2D eigenvalue weighted by Gasteiger charge is 2.32. The maximum atomic E-state index is 13.8. The van der Waals surface area contributed by atoms with Gasteiger partial charge in [0.25, 0.3) is 0 Å². The second kappa shape index (κ2) is 11.7. The van der Waals surface area contributed by atoms with Gasteiger partial charge < -0.3 is 10.2 Å². The van der Waals surface area contributed by atoms with E-state index in [-0.39, 0.29) is 18.2 Å². The molecule has 184 valence electrons. The predicted octanol–water partition coefficient (Wildman–Crippen LogP) is 6.40. The minimum Gasteiger partial charge on any atom is -0.350 e. The van der Waals surface area contributed by atoms with Crippen LogP contribution in [0.1, 0.15) is 43.0 Å². The highest BCUT2D eigenvalue weighted by Crippen LogP contribution is 2.24. The fourth-order valence-electron chi connectivity index (χ4n) is 3.91. The van der Waals surface area contributed by atoms with E-state index in [4.69, 9.17) is 23.2 Å². The second-order valence-corrected chi connectivity index (χ2v) is 10.6. The molecular weight excluding hydrogens is 479 g/mol. The highest BCUT2D eigenvalue weighted by molar-refractivity contribution is 6.35. The monoisotopic (exact) mass is 510 g/mol. The summed E-state index contributed by atoms with van der Waals surface area (Å²) in [5, 5.41) is 4.02. The number of rotatable bonds is 8. The van der Waals surface area contributed by atoms with Gasteiger partial charge in [-0.3, -0.25) is 9.59 Å². The topological polar surface area (TPSA) is 49.4 Å². The molecule has 0 bridgehead atoms. The van der Waals surface area contributed by atoms with Gasteiger partial charge in [0.1, 0.15) is 6.04 Å². The summed E-state index contributed by atoms with van der Waals surface area (Å²) in [6.45, 7) is 8.13. The molecule has 35 heavy (non-hydrogen) atoms. The van der Waals surface area contributed by atoms with Gasteiger partial charge in [-0.05, 0) is 62.1 Å². The molecule has 0 spiro atoms. The van der Waals surface area contributed by atoms with Crippen LogP contribution < -0.4 is 5.32 Å². The van der Waals surface area contributed by atoms with E-state index in [1.54, 1.807) is 23.1 Å². The quantitative estimate of drug-likeness (QED) is 0.381. The van der Waals surface area contributed by atoms with Crippen molar-refractivity contribution in [1.82, 2.24) is 10.2 Å². The first kappa shape index (κ1) is 26.8. The summed E-state index contributed by atoms with van der Waals surface area (Å²) in [5.74, 6) is -0.368. The van der Waals surface area contributed by atoms with E-state index in [9.17, 15) is 9.59 Å². The van der Waals surface area contributed by atoms with Crippen molar-refractivity contribution in [1.29, 1.82) is 0 Å². The van der Waals surface area contributed by atoms with Crippen molar-refractivity contribution in [3.8, 4) is 0 Å². The molecule has 0 saturated heterocycles. The molecule has 1 N–H and O–H groups in total. The molecule has 0 aliphatic heterocycles. The van der Waals surface area contributed by atoms with Crippen molar-refractivity contribution in [3.05, 3.63) is 105 Å². The summed E-state index contributed by atoms with van der Waals surface area (Å²) >= 11 is 12.4. The number of hydrogen-bond acceptors (Lipinski definition) is 2. The van der Waals surface area contributed by atoms with Gasteiger partial charge >= 0.3 is 0 Å². The molecular formula is C29H32Cl2N2O2. The van der Waals surface area contributed by atoms with Gasteiger partial charge in [0.05, 0.1) is 6.42 Å². The van der Waals surface area contributed by atoms with E-state index in [0.29, 0.717) is 28.6 Å². The van der Waals surface area contributed by atoms with Crippen LogP contribution in [-0.2, 0) is 29.0 Å². The predicted molar refractivity (Wildman–Crippen MR) is 144 cm³/mol. The first-order valence-corrected chi connectivity index (χ1v) is 12.4. The van der Waals surface area contributed by atoms with Gasteiger partial charge in [0.15, 0.2) is 0 Å². The SMILES string of the molecule is Cc1ccccc1CN(C(=O)Cc1ccc(Cl)cc1Cl)[C@@H](Cc1ccccc1)C(=O)NC(C)(C)C. The van der Waals surface area contributed by atoms with Crippen molar-refractivity contribution in [2.45, 2.75) is 58.7 Å². The molecule has 0 radical (unpaired) electrons. The van der Waals surface area contributed by atoms with E-state index < -0.39 is 11.6 Å². The van der Waals surface area contributed by atoms with Crippen LogP contribution in [0.4, 0.5) is 0 Å². The number of nitrogens with zero attached hydrogens (tertiary/aromatic N) is 1. The molecule has 3 aromatic rings. The summed E-state index contributed by atoms with van der Waals surface area (Å²) in [7, 11) is 0. The Bertz CT molecular complexity index is 1170. The van der Waals surface area contributed by atoms with Gasteiger partial charge in [0, 0.05) is 28.5 Å². The summed E-state index contributed by atoms with van der Waals surface area (Å²) in [5.41, 5.74) is 3.26. The summed E-state index contributed by atoms with van der Waals surface area (Å²) in [6.07, 6.45) is 0.463. The molecule has 0 saturated carbocycles. The lowest BCUT2D eigenvalue weighted by Crippen LogP contribution is -2.54. The van der Waals surface area contributed by atoms with Crippen molar-refractivity contribution in [2.24, 2.45) is 0 Å². The minimum absolute atomic E-state index is 0.0654. The average molecular weight is 511 g/mol. The Labute approximate surface area is 218 Å². The zero-order valence-electron chi connectivity index (χ0n) is 20.6. The molecule has 0 aliphatic carbocycles. The van der Waals surface area contributed by atoms with Crippen LogP contribution >= 0.6 is 23.2 Å². The first-order valence-electron chi connectivity index (χ1n) is 11.7. The zero-order chi connectivity index (χ0) is 25.6. The molecule has 6 heteroatoms. The molecule has 1 atom stereocenters. The molecule has 0 fully saturated rings. The van der Waals surface area contributed by atoms with Crippen LogP contribution in [0.2, 0.25) is 10.0 Å². The maximum absolute atomic E-state index is 13.8. The first-order chi connectivity index (χ1) is 16.5. The molecule has 0 unspecified atom stereocenters. The third kappa shape index (κ3) is 7.84. The van der Waals surface area contributed by atoms with Crippen molar-refractivity contribution in [2.75, 3.05) is 0 Å². The molecule has 3 rings (SSSR count). The van der Waals surface area contributed by atoms with Gasteiger partial charge in [-0.2, -0.15) is 0 Å². The van der Waals surface area contributed by atoms with Gasteiger partial charge in [-0.15, -0.1) is 0 Å². The number of nitrogens with one attached hydrogen (secondary N) is 1. The Balaban J connectivity index is 2.02. The van der Waals surface area contributed by atoms with Gasteiger partial charge in [-0.1, -0.05) is 83.9 Å². The number of benzene rings is 3. The highest BCUT2D eigenvalue weighted by atomic mass is 35.5. The standard InChI is InChI=1S/C29H32Cl2N2O2/c1-20-10-8-9-13-23(20)19-33(27(34)17-22-14-15-24(30)18-25(22)31)26(28(35)32-29(2,3)4)16-21-11-6-5-7-12-21/h5-15,18,26H,16-17,19H2,1-4H3,(H,32,35)/t26-/m0/s1. The third-order valence-electron chi connectivity index (χ3n) is 5.73. The fraction of sp³-hybridized carbons (Fsp3) is 0.310. The molecule has 2 amide bonds. The largest absolute Gasteiger partial charge is 0.350 e. The van der Waals surface area contributed by atoms with Crippen molar-refractivity contribution >= 4 is 35.0 Å². The van der Waals surface area contributed by atoms with Crippen molar-refractivity contribution in [3.63, 3.8) is 0 Å². The molecule has 0 aliphatic rings. The molecule has 3 aromatic carbocycles. The van der Waals surface area contributed by atoms with E-state index >= 15 is 0 Å². The van der Waals surface area contributed by atoms with E-state index in [1.807, 2.05) is 82.3 Å². The average Bonchev–Trinajstić information content (AvgIpc) is 2.78. The third-order valence-corrected chi connectivity index (χ3v) is 6.31. The Morgan fingerprint density at radius 1 is 0.914 bits per heavy atom. The Morgan fingerprint density at radius 2 is 1.57 bits per heavy atom. The van der Waals surface area contributed by atoms with Crippen LogP contribution in [-0.4, -0.2) is 28.3 Å². The van der Waals surface area contributed by atoms with Gasteiger partial charge in [-0.25, -0.2) is 0 Å². The Morgan fingerprint density at radius 3 is 2.20 bits per heavy atom. The summed E-state index contributed by atoms with van der Waals surface area (Å²) in [4.78, 5) is 29.1. The van der Waals surface area contributed by atoms with Crippen LogP contribution in [0.15, 0.2) is 72.8 Å². The van der Waals surface area contributed by atoms with Crippen LogP contribution in [0.5, 0.6) is 0 Å². The number of carbonyl (C=O) groups is 2. The molecule has 4 nitrogen and oxygen atoms in total. The van der Waals surface area contributed by atoms with Crippen LogP contribution in [0.25, 0.3) is 0 Å². The van der Waals surface area contributed by atoms with Crippen LogP contribution in [0.3, 0.4) is 0 Å². The summed E-state index contributed by atoms with van der Waals surface area (Å²) < 4.78 is 0. The van der Waals surface area contributed by atoms with Crippen LogP contribution in [0, 0.1) is 6.92 Å². The minimum atomic E-state index is -0.699. The molecule has 0 aromatic heterocycles. The fourth-order valence-corrected chi connectivity index (χ4v) is 4.38. The summed E-state index contributed by atoms with van der Waals surface area (Å²) in [6, 6.07) is 22.1.